The molecule has 0 aromatic rings. The Morgan fingerprint density at radius 2 is 2.00 bits per heavy atom. The van der Waals surface area contributed by atoms with Crippen molar-refractivity contribution in [3.63, 3.8) is 0 Å². The first kappa shape index (κ1) is 11.2. The molecule has 1 saturated carbocycles. The van der Waals surface area contributed by atoms with Gasteiger partial charge in [-0.3, -0.25) is 5.14 Å². The monoisotopic (exact) mass is 203 g/mol. The molecule has 13 heavy (non-hydrogen) atoms. The second-order valence-electron chi connectivity index (χ2n) is 4.69. The molecule has 1 rings (SSSR count). The van der Waals surface area contributed by atoms with Crippen molar-refractivity contribution in [2.75, 3.05) is 0 Å². The minimum atomic E-state index is -1.12. The quantitative estimate of drug-likeness (QED) is 0.733. The van der Waals surface area contributed by atoms with Crippen molar-refractivity contribution < 1.29 is 4.21 Å². The average Bonchev–Trinajstić information content (AvgIpc) is 2.03. The third-order valence-electron chi connectivity index (χ3n) is 3.26. The van der Waals surface area contributed by atoms with Gasteiger partial charge in [0.25, 0.3) is 0 Å². The van der Waals surface area contributed by atoms with Crippen molar-refractivity contribution in [3.05, 3.63) is 0 Å². The van der Waals surface area contributed by atoms with Gasteiger partial charge in [-0.1, -0.05) is 27.2 Å². The van der Waals surface area contributed by atoms with Crippen molar-refractivity contribution in [2.45, 2.75) is 45.3 Å². The minimum Gasteiger partial charge on any atom is -0.252 e. The first-order chi connectivity index (χ1) is 6.02. The van der Waals surface area contributed by atoms with Gasteiger partial charge in [-0.15, -0.1) is 0 Å². The van der Waals surface area contributed by atoms with Gasteiger partial charge < -0.3 is 0 Å². The Bertz CT molecular complexity index is 193. The molecule has 1 fully saturated rings. The van der Waals surface area contributed by atoms with Crippen molar-refractivity contribution in [3.8, 4) is 0 Å². The van der Waals surface area contributed by atoms with Crippen LogP contribution in [0.25, 0.3) is 0 Å². The molecule has 0 aliphatic heterocycles. The van der Waals surface area contributed by atoms with E-state index in [2.05, 4.69) is 20.8 Å². The van der Waals surface area contributed by atoms with E-state index in [9.17, 15) is 4.21 Å². The fourth-order valence-corrected chi connectivity index (χ4v) is 3.69. The Hall–Kier alpha value is 0.110. The SMILES string of the molecule is CC1CCC(C(C)C)C(S(N)=O)C1. The van der Waals surface area contributed by atoms with Crippen LogP contribution in [-0.4, -0.2) is 9.46 Å². The van der Waals surface area contributed by atoms with Gasteiger partial charge in [0.15, 0.2) is 0 Å². The van der Waals surface area contributed by atoms with Gasteiger partial charge in [0.05, 0.1) is 16.2 Å². The van der Waals surface area contributed by atoms with Crippen LogP contribution in [0.3, 0.4) is 0 Å². The molecule has 1 aliphatic rings. The molecular weight excluding hydrogens is 182 g/mol. The van der Waals surface area contributed by atoms with Crippen LogP contribution in [0.5, 0.6) is 0 Å². The lowest BCUT2D eigenvalue weighted by atomic mass is 9.77. The molecule has 2 N–H and O–H groups in total. The van der Waals surface area contributed by atoms with E-state index in [1.165, 1.54) is 12.8 Å². The minimum absolute atomic E-state index is 0.240. The molecular formula is C10H21NOS. The lowest BCUT2D eigenvalue weighted by Gasteiger charge is -2.35. The van der Waals surface area contributed by atoms with Crippen LogP contribution in [0, 0.1) is 17.8 Å². The van der Waals surface area contributed by atoms with Gasteiger partial charge in [0.1, 0.15) is 0 Å². The number of rotatable bonds is 2. The maximum Gasteiger partial charge on any atom is 0.0922 e. The molecule has 4 atom stereocenters. The van der Waals surface area contributed by atoms with Crippen LogP contribution in [0.15, 0.2) is 0 Å². The maximum absolute atomic E-state index is 11.3. The van der Waals surface area contributed by atoms with Crippen LogP contribution in [0.4, 0.5) is 0 Å². The lowest BCUT2D eigenvalue weighted by molar-refractivity contribution is 0.241. The Labute approximate surface area is 83.9 Å². The Morgan fingerprint density at radius 1 is 1.38 bits per heavy atom. The zero-order valence-corrected chi connectivity index (χ0v) is 9.64. The maximum atomic E-state index is 11.3. The highest BCUT2D eigenvalue weighted by Gasteiger charge is 2.33. The molecule has 1 aliphatic carbocycles. The van der Waals surface area contributed by atoms with Crippen LogP contribution in [0.1, 0.15) is 40.0 Å². The average molecular weight is 203 g/mol. The van der Waals surface area contributed by atoms with E-state index in [-0.39, 0.29) is 5.25 Å². The van der Waals surface area contributed by atoms with Crippen LogP contribution < -0.4 is 5.14 Å². The van der Waals surface area contributed by atoms with Gasteiger partial charge >= 0.3 is 0 Å². The first-order valence-electron chi connectivity index (χ1n) is 5.17. The molecule has 4 unspecified atom stereocenters. The van der Waals surface area contributed by atoms with Gasteiger partial charge in [0, 0.05) is 0 Å². The zero-order chi connectivity index (χ0) is 10.0. The van der Waals surface area contributed by atoms with E-state index < -0.39 is 11.0 Å². The zero-order valence-electron chi connectivity index (χ0n) is 8.82. The molecule has 0 amide bonds. The number of hydrogen-bond acceptors (Lipinski definition) is 1. The van der Waals surface area contributed by atoms with Crippen molar-refractivity contribution in [1.29, 1.82) is 0 Å². The van der Waals surface area contributed by atoms with Gasteiger partial charge in [-0.25, -0.2) is 4.21 Å². The Kier molecular flexibility index (Phi) is 3.92. The third-order valence-corrected chi connectivity index (χ3v) is 4.40. The lowest BCUT2D eigenvalue weighted by Crippen LogP contribution is -2.38. The van der Waals surface area contributed by atoms with Crippen molar-refractivity contribution in [1.82, 2.24) is 0 Å². The summed E-state index contributed by atoms with van der Waals surface area (Å²) >= 11 is 0. The molecule has 0 spiro atoms. The second-order valence-corrected chi connectivity index (χ2v) is 5.96. The third kappa shape index (κ3) is 2.78. The summed E-state index contributed by atoms with van der Waals surface area (Å²) in [6, 6.07) is 0. The number of hydrogen-bond donors (Lipinski definition) is 1. The topological polar surface area (TPSA) is 43.1 Å². The van der Waals surface area contributed by atoms with Gasteiger partial charge in [0.2, 0.25) is 0 Å². The van der Waals surface area contributed by atoms with E-state index in [1.54, 1.807) is 0 Å². The summed E-state index contributed by atoms with van der Waals surface area (Å²) in [7, 11) is -1.12. The fraction of sp³-hybridized carbons (Fsp3) is 1.00. The van der Waals surface area contributed by atoms with E-state index in [0.717, 1.165) is 6.42 Å². The summed E-state index contributed by atoms with van der Waals surface area (Å²) in [4.78, 5) is 0. The van der Waals surface area contributed by atoms with Crippen LogP contribution in [0.2, 0.25) is 0 Å². The summed E-state index contributed by atoms with van der Waals surface area (Å²) in [6.45, 7) is 6.65. The molecule has 78 valence electrons. The highest BCUT2D eigenvalue weighted by atomic mass is 32.2. The van der Waals surface area contributed by atoms with Crippen molar-refractivity contribution in [2.24, 2.45) is 22.9 Å². The normalized spacial score (nSPS) is 37.8. The Balaban J connectivity index is 2.66. The van der Waals surface area contributed by atoms with Crippen LogP contribution in [-0.2, 0) is 11.0 Å². The first-order valence-corrected chi connectivity index (χ1v) is 6.45. The van der Waals surface area contributed by atoms with Gasteiger partial charge in [-0.2, -0.15) is 0 Å². The van der Waals surface area contributed by atoms with E-state index >= 15 is 0 Å². The number of nitrogens with two attached hydrogens (primary N) is 1. The molecule has 2 nitrogen and oxygen atoms in total. The molecule has 3 heteroatoms. The van der Waals surface area contributed by atoms with Gasteiger partial charge in [-0.05, 0) is 30.6 Å². The molecule has 0 saturated heterocycles. The van der Waals surface area contributed by atoms with E-state index in [0.29, 0.717) is 17.8 Å². The smallest absolute Gasteiger partial charge is 0.0922 e. The summed E-state index contributed by atoms with van der Waals surface area (Å²) in [5.74, 6) is 1.89. The molecule has 0 heterocycles. The van der Waals surface area contributed by atoms with Crippen LogP contribution >= 0.6 is 0 Å². The molecule has 0 aromatic heterocycles. The van der Waals surface area contributed by atoms with E-state index in [1.807, 2.05) is 0 Å². The standard InChI is InChI=1S/C10H21NOS/c1-7(2)9-5-4-8(3)6-10(9)13(11)12/h7-10H,4-6,11H2,1-3H3. The summed E-state index contributed by atoms with van der Waals surface area (Å²) in [5.41, 5.74) is 0. The molecule has 0 aromatic carbocycles. The molecule has 0 bridgehead atoms. The summed E-state index contributed by atoms with van der Waals surface area (Å²) < 4.78 is 11.3. The summed E-state index contributed by atoms with van der Waals surface area (Å²) in [6.07, 6.45) is 3.52. The second kappa shape index (κ2) is 4.56. The highest BCUT2D eigenvalue weighted by Crippen LogP contribution is 2.35. The molecule has 0 radical (unpaired) electrons. The largest absolute Gasteiger partial charge is 0.252 e. The highest BCUT2D eigenvalue weighted by molar-refractivity contribution is 7.83. The predicted molar refractivity (Wildman–Crippen MR) is 57.5 cm³/mol. The van der Waals surface area contributed by atoms with E-state index in [4.69, 9.17) is 5.14 Å². The Morgan fingerprint density at radius 3 is 2.46 bits per heavy atom. The summed E-state index contributed by atoms with van der Waals surface area (Å²) in [5, 5.41) is 5.77. The fourth-order valence-electron chi connectivity index (χ4n) is 2.38. The van der Waals surface area contributed by atoms with Crippen molar-refractivity contribution >= 4 is 11.0 Å². The predicted octanol–water partition coefficient (Wildman–Crippen LogP) is 2.07.